The largest absolute Gasteiger partial charge is 0.393 e. The van der Waals surface area contributed by atoms with Crippen LogP contribution in [0.4, 0.5) is 0 Å². The lowest BCUT2D eigenvalue weighted by molar-refractivity contribution is 0.136. The Morgan fingerprint density at radius 3 is 2.44 bits per heavy atom. The SMILES string of the molecule is C[C@H](O)[C@@H](C)C/C=C\C=C\c1ccccc1. The van der Waals surface area contributed by atoms with Crippen LogP contribution in [0, 0.1) is 5.92 Å². The molecule has 0 heterocycles. The van der Waals surface area contributed by atoms with E-state index in [4.69, 9.17) is 0 Å². The lowest BCUT2D eigenvalue weighted by atomic mass is 10.0. The normalized spacial score (nSPS) is 15.7. The second-order valence-corrected chi connectivity index (χ2v) is 4.15. The second-order valence-electron chi connectivity index (χ2n) is 4.15. The zero-order valence-corrected chi connectivity index (χ0v) is 10.0. The molecule has 0 radical (unpaired) electrons. The molecule has 2 atom stereocenters. The summed E-state index contributed by atoms with van der Waals surface area (Å²) < 4.78 is 0. The van der Waals surface area contributed by atoms with E-state index in [0.717, 1.165) is 6.42 Å². The number of hydrogen-bond acceptors (Lipinski definition) is 1. The molecule has 16 heavy (non-hydrogen) atoms. The first-order chi connectivity index (χ1) is 7.70. The molecule has 1 nitrogen and oxygen atoms in total. The molecular formula is C15H20O. The van der Waals surface area contributed by atoms with E-state index in [1.807, 2.05) is 37.3 Å². The van der Waals surface area contributed by atoms with Gasteiger partial charge in [-0.1, -0.05) is 61.6 Å². The molecule has 1 aromatic carbocycles. The smallest absolute Gasteiger partial charge is 0.0540 e. The maximum atomic E-state index is 9.30. The molecule has 86 valence electrons. The molecule has 0 bridgehead atoms. The van der Waals surface area contributed by atoms with Crippen molar-refractivity contribution < 1.29 is 5.11 Å². The maximum Gasteiger partial charge on any atom is 0.0540 e. The summed E-state index contributed by atoms with van der Waals surface area (Å²) in [5.74, 6) is 0.321. The average Bonchev–Trinajstić information content (AvgIpc) is 2.29. The van der Waals surface area contributed by atoms with E-state index in [2.05, 4.69) is 31.2 Å². The van der Waals surface area contributed by atoms with Crippen LogP contribution in [0.3, 0.4) is 0 Å². The van der Waals surface area contributed by atoms with Crippen molar-refractivity contribution in [3.05, 3.63) is 54.1 Å². The molecule has 0 saturated carbocycles. The minimum Gasteiger partial charge on any atom is -0.393 e. The first kappa shape index (κ1) is 12.7. The summed E-state index contributed by atoms with van der Waals surface area (Å²) in [5.41, 5.74) is 1.20. The fourth-order valence-corrected chi connectivity index (χ4v) is 1.30. The summed E-state index contributed by atoms with van der Waals surface area (Å²) in [7, 11) is 0. The standard InChI is InChI=1S/C15H20O/c1-13(14(2)16)9-5-3-6-10-15-11-7-4-8-12-15/h3-8,10-14,16H,9H2,1-2H3/b5-3-,10-6+/t13-,14-/m0/s1. The van der Waals surface area contributed by atoms with E-state index >= 15 is 0 Å². The number of aliphatic hydroxyl groups is 1. The zero-order valence-electron chi connectivity index (χ0n) is 10.0. The fraction of sp³-hybridized carbons (Fsp3) is 0.333. The van der Waals surface area contributed by atoms with Gasteiger partial charge in [-0.15, -0.1) is 0 Å². The highest BCUT2D eigenvalue weighted by atomic mass is 16.3. The Morgan fingerprint density at radius 1 is 1.12 bits per heavy atom. The van der Waals surface area contributed by atoms with Gasteiger partial charge in [0.05, 0.1) is 6.10 Å². The molecule has 0 unspecified atom stereocenters. The number of rotatable bonds is 5. The number of aliphatic hydroxyl groups excluding tert-OH is 1. The van der Waals surface area contributed by atoms with Crippen LogP contribution in [0.15, 0.2) is 48.6 Å². The first-order valence-electron chi connectivity index (χ1n) is 5.76. The van der Waals surface area contributed by atoms with E-state index in [1.165, 1.54) is 5.56 Å². The van der Waals surface area contributed by atoms with Gasteiger partial charge in [-0.25, -0.2) is 0 Å². The zero-order chi connectivity index (χ0) is 11.8. The molecular weight excluding hydrogens is 196 g/mol. The van der Waals surface area contributed by atoms with Gasteiger partial charge in [-0.2, -0.15) is 0 Å². The number of allylic oxidation sites excluding steroid dienone is 3. The molecule has 1 N–H and O–H groups in total. The van der Waals surface area contributed by atoms with E-state index in [9.17, 15) is 5.11 Å². The predicted molar refractivity (Wildman–Crippen MR) is 70.1 cm³/mol. The van der Waals surface area contributed by atoms with Crippen molar-refractivity contribution in [2.45, 2.75) is 26.4 Å². The van der Waals surface area contributed by atoms with Crippen molar-refractivity contribution >= 4 is 6.08 Å². The van der Waals surface area contributed by atoms with E-state index in [1.54, 1.807) is 0 Å². The third kappa shape index (κ3) is 4.94. The van der Waals surface area contributed by atoms with Crippen molar-refractivity contribution in [3.63, 3.8) is 0 Å². The second kappa shape index (κ2) is 7.02. The Balaban J connectivity index is 2.35. The summed E-state index contributed by atoms with van der Waals surface area (Å²) in [4.78, 5) is 0. The fourth-order valence-electron chi connectivity index (χ4n) is 1.30. The molecule has 0 spiro atoms. The van der Waals surface area contributed by atoms with Gasteiger partial charge in [0.25, 0.3) is 0 Å². The third-order valence-corrected chi connectivity index (χ3v) is 2.67. The van der Waals surface area contributed by atoms with Crippen molar-refractivity contribution in [1.82, 2.24) is 0 Å². The Labute approximate surface area is 98.1 Å². The van der Waals surface area contributed by atoms with Crippen molar-refractivity contribution in [3.8, 4) is 0 Å². The minimum absolute atomic E-state index is 0.234. The maximum absolute atomic E-state index is 9.30. The molecule has 0 aromatic heterocycles. The van der Waals surface area contributed by atoms with E-state index in [0.29, 0.717) is 5.92 Å². The van der Waals surface area contributed by atoms with Gasteiger partial charge in [-0.3, -0.25) is 0 Å². The van der Waals surface area contributed by atoms with Gasteiger partial charge >= 0.3 is 0 Å². The summed E-state index contributed by atoms with van der Waals surface area (Å²) in [6.07, 6.45) is 8.91. The molecule has 0 fully saturated rings. The van der Waals surface area contributed by atoms with Gasteiger partial charge in [0.2, 0.25) is 0 Å². The van der Waals surface area contributed by atoms with Crippen LogP contribution in [-0.2, 0) is 0 Å². The summed E-state index contributed by atoms with van der Waals surface area (Å²) in [6, 6.07) is 10.2. The highest BCUT2D eigenvalue weighted by Gasteiger charge is 2.04. The van der Waals surface area contributed by atoms with Crippen LogP contribution < -0.4 is 0 Å². The van der Waals surface area contributed by atoms with Crippen LogP contribution in [0.2, 0.25) is 0 Å². The first-order valence-corrected chi connectivity index (χ1v) is 5.76. The topological polar surface area (TPSA) is 20.2 Å². The molecule has 0 aliphatic carbocycles. The quantitative estimate of drug-likeness (QED) is 0.745. The molecule has 0 amide bonds. The van der Waals surface area contributed by atoms with Crippen LogP contribution in [0.1, 0.15) is 25.8 Å². The number of hydrogen-bond donors (Lipinski definition) is 1. The summed E-state index contributed by atoms with van der Waals surface area (Å²) >= 11 is 0. The Morgan fingerprint density at radius 2 is 1.81 bits per heavy atom. The molecule has 1 aromatic rings. The Bertz CT molecular complexity index is 336. The Kier molecular flexibility index (Phi) is 5.58. The minimum atomic E-state index is -0.234. The average molecular weight is 216 g/mol. The van der Waals surface area contributed by atoms with Gasteiger partial charge < -0.3 is 5.11 Å². The lowest BCUT2D eigenvalue weighted by Crippen LogP contribution is -2.11. The van der Waals surface area contributed by atoms with E-state index in [-0.39, 0.29) is 6.10 Å². The molecule has 0 saturated heterocycles. The third-order valence-electron chi connectivity index (χ3n) is 2.67. The Hall–Kier alpha value is -1.34. The van der Waals surface area contributed by atoms with Crippen LogP contribution in [0.25, 0.3) is 6.08 Å². The van der Waals surface area contributed by atoms with Crippen LogP contribution >= 0.6 is 0 Å². The molecule has 0 aliphatic rings. The van der Waals surface area contributed by atoms with Gasteiger partial charge in [-0.05, 0) is 24.8 Å². The molecule has 0 aliphatic heterocycles. The van der Waals surface area contributed by atoms with Crippen LogP contribution in [-0.4, -0.2) is 11.2 Å². The van der Waals surface area contributed by atoms with Gasteiger partial charge in [0, 0.05) is 0 Å². The molecule has 1 rings (SSSR count). The van der Waals surface area contributed by atoms with Gasteiger partial charge in [0.1, 0.15) is 0 Å². The monoisotopic (exact) mass is 216 g/mol. The number of benzene rings is 1. The molecule has 1 heteroatoms. The van der Waals surface area contributed by atoms with Crippen molar-refractivity contribution in [2.75, 3.05) is 0 Å². The predicted octanol–water partition coefficient (Wildman–Crippen LogP) is 3.66. The van der Waals surface area contributed by atoms with Crippen molar-refractivity contribution in [1.29, 1.82) is 0 Å². The summed E-state index contributed by atoms with van der Waals surface area (Å²) in [6.45, 7) is 3.88. The highest BCUT2D eigenvalue weighted by molar-refractivity contribution is 5.50. The highest BCUT2D eigenvalue weighted by Crippen LogP contribution is 2.08. The van der Waals surface area contributed by atoms with E-state index < -0.39 is 0 Å². The lowest BCUT2D eigenvalue weighted by Gasteiger charge is -2.10. The summed E-state index contributed by atoms with van der Waals surface area (Å²) in [5, 5.41) is 9.30. The van der Waals surface area contributed by atoms with Crippen molar-refractivity contribution in [2.24, 2.45) is 5.92 Å². The van der Waals surface area contributed by atoms with Gasteiger partial charge in [0.15, 0.2) is 0 Å². The van der Waals surface area contributed by atoms with Crippen LogP contribution in [0.5, 0.6) is 0 Å².